The maximum absolute atomic E-state index is 12.3. The lowest BCUT2D eigenvalue weighted by Crippen LogP contribution is -2.18. The van der Waals surface area contributed by atoms with Crippen molar-refractivity contribution in [2.24, 2.45) is 0 Å². The lowest BCUT2D eigenvalue weighted by molar-refractivity contribution is -0.444. The molecule has 0 N–H and O–H groups in total. The van der Waals surface area contributed by atoms with E-state index in [0.29, 0.717) is 17.3 Å². The van der Waals surface area contributed by atoms with E-state index in [0.717, 1.165) is 21.4 Å². The molecule has 0 amide bonds. The topological polar surface area (TPSA) is 26.1 Å². The summed E-state index contributed by atoms with van der Waals surface area (Å²) in [4.78, 5) is 0. The van der Waals surface area contributed by atoms with Crippen molar-refractivity contribution in [1.82, 2.24) is 0 Å². The summed E-state index contributed by atoms with van der Waals surface area (Å²) < 4.78 is 0.990. The van der Waals surface area contributed by atoms with Gasteiger partial charge in [-0.3, -0.25) is 0 Å². The van der Waals surface area contributed by atoms with Crippen LogP contribution >= 0.6 is 11.6 Å². The summed E-state index contributed by atoms with van der Waals surface area (Å²) in [6.45, 7) is 0.329. The van der Waals surface area contributed by atoms with Gasteiger partial charge in [-0.25, -0.2) is 4.74 Å². The maximum Gasteiger partial charge on any atom is 0.227 e. The molecule has 0 bridgehead atoms. The summed E-state index contributed by atoms with van der Waals surface area (Å²) in [7, 11) is 0. The van der Waals surface area contributed by atoms with Crippen molar-refractivity contribution >= 4 is 23.4 Å². The van der Waals surface area contributed by atoms with Gasteiger partial charge < -0.3 is 5.21 Å². The van der Waals surface area contributed by atoms with Gasteiger partial charge in [0, 0.05) is 0 Å². The number of hydrogen-bond acceptors (Lipinski definition) is 1. The van der Waals surface area contributed by atoms with Gasteiger partial charge in [0.05, 0.1) is 16.1 Å². The molecule has 0 saturated heterocycles. The Labute approximate surface area is 116 Å². The molecule has 0 unspecified atom stereocenters. The fraction of sp³-hybridized carbons (Fsp3) is 0.0625. The van der Waals surface area contributed by atoms with Crippen molar-refractivity contribution < 1.29 is 4.74 Å². The van der Waals surface area contributed by atoms with E-state index in [-0.39, 0.29) is 0 Å². The minimum Gasteiger partial charge on any atom is -0.623 e. The van der Waals surface area contributed by atoms with Crippen LogP contribution in [0.15, 0.2) is 54.6 Å². The molecule has 2 aromatic carbocycles. The number of hydrogen-bond donors (Lipinski definition) is 0. The van der Waals surface area contributed by atoms with Gasteiger partial charge in [0.15, 0.2) is 6.54 Å². The highest BCUT2D eigenvalue weighted by atomic mass is 35.5. The predicted octanol–water partition coefficient (Wildman–Crippen LogP) is 3.71. The summed E-state index contributed by atoms with van der Waals surface area (Å²) in [6, 6.07) is 15.3. The quantitative estimate of drug-likeness (QED) is 0.572. The van der Waals surface area contributed by atoms with Crippen molar-refractivity contribution in [2.45, 2.75) is 0 Å². The van der Waals surface area contributed by atoms with E-state index in [1.165, 1.54) is 0 Å². The first kappa shape index (κ1) is 12.0. The number of hydroxylamine groups is 1. The molecule has 2 nitrogen and oxygen atoms in total. The summed E-state index contributed by atoms with van der Waals surface area (Å²) >= 11 is 6.24. The highest BCUT2D eigenvalue weighted by molar-refractivity contribution is 6.35. The number of halogens is 1. The molecule has 2 aromatic rings. The Morgan fingerprint density at radius 2 is 1.63 bits per heavy atom. The van der Waals surface area contributed by atoms with Crippen LogP contribution < -0.4 is 0 Å². The zero-order valence-corrected chi connectivity index (χ0v) is 11.0. The van der Waals surface area contributed by atoms with Gasteiger partial charge in [0.25, 0.3) is 0 Å². The zero-order chi connectivity index (χ0) is 13.2. The van der Waals surface area contributed by atoms with Crippen molar-refractivity contribution in [3.8, 4) is 0 Å². The van der Waals surface area contributed by atoms with Crippen LogP contribution in [-0.4, -0.2) is 17.0 Å². The molecule has 3 heteroatoms. The molecule has 0 atom stereocenters. The molecule has 0 saturated carbocycles. The zero-order valence-electron chi connectivity index (χ0n) is 10.2. The molecule has 0 aliphatic carbocycles. The summed E-state index contributed by atoms with van der Waals surface area (Å²) in [5, 5.41) is 12.9. The number of benzene rings is 2. The molecule has 1 aliphatic rings. The van der Waals surface area contributed by atoms with Gasteiger partial charge in [-0.05, 0) is 29.8 Å². The minimum atomic E-state index is 0.329. The number of fused-ring (bicyclic) bond motifs is 1. The second-order valence-corrected chi connectivity index (χ2v) is 4.79. The normalized spacial score (nSPS) is 14.2. The van der Waals surface area contributed by atoms with Gasteiger partial charge in [0.2, 0.25) is 5.71 Å². The summed E-state index contributed by atoms with van der Waals surface area (Å²) in [5.41, 5.74) is 3.36. The molecule has 1 heterocycles. The minimum absolute atomic E-state index is 0.329. The highest BCUT2D eigenvalue weighted by Crippen LogP contribution is 2.23. The first-order chi connectivity index (χ1) is 9.27. The first-order valence-corrected chi connectivity index (χ1v) is 6.47. The monoisotopic (exact) mass is 269 g/mol. The Bertz CT molecular complexity index is 689. The Hall–Kier alpha value is -2.06. The third-order valence-corrected chi connectivity index (χ3v) is 3.49. The molecule has 0 radical (unpaired) electrons. The van der Waals surface area contributed by atoms with Crippen molar-refractivity contribution in [1.29, 1.82) is 0 Å². The third kappa shape index (κ3) is 2.15. The van der Waals surface area contributed by atoms with Crippen LogP contribution in [0.2, 0.25) is 5.02 Å². The molecule has 94 valence electrons. The van der Waals surface area contributed by atoms with Crippen LogP contribution in [0.4, 0.5) is 0 Å². The lowest BCUT2D eigenvalue weighted by Gasteiger charge is -2.11. The Kier molecular flexibility index (Phi) is 3.10. The van der Waals surface area contributed by atoms with Gasteiger partial charge in [-0.1, -0.05) is 48.0 Å². The van der Waals surface area contributed by atoms with Crippen LogP contribution in [0.25, 0.3) is 6.08 Å². The molecule has 0 fully saturated rings. The smallest absolute Gasteiger partial charge is 0.227 e. The lowest BCUT2D eigenvalue weighted by atomic mass is 9.97. The fourth-order valence-corrected chi connectivity index (χ4v) is 2.52. The maximum atomic E-state index is 12.3. The molecular weight excluding hydrogens is 258 g/mol. The van der Waals surface area contributed by atoms with Crippen molar-refractivity contribution in [2.75, 3.05) is 6.54 Å². The molecule has 1 aliphatic heterocycles. The second kappa shape index (κ2) is 4.90. The fourth-order valence-electron chi connectivity index (χ4n) is 2.29. The van der Waals surface area contributed by atoms with Gasteiger partial charge in [0.1, 0.15) is 0 Å². The summed E-state index contributed by atoms with van der Waals surface area (Å²) in [5.74, 6) is 0. The average Bonchev–Trinajstić information content (AvgIpc) is 2.58. The van der Waals surface area contributed by atoms with Crippen LogP contribution in [-0.2, 0) is 0 Å². The van der Waals surface area contributed by atoms with Crippen LogP contribution in [0.1, 0.15) is 16.7 Å². The largest absolute Gasteiger partial charge is 0.623 e. The predicted molar refractivity (Wildman–Crippen MR) is 78.6 cm³/mol. The molecule has 0 spiro atoms. The van der Waals surface area contributed by atoms with Gasteiger partial charge in [-0.2, -0.15) is 0 Å². The first-order valence-electron chi connectivity index (χ1n) is 6.10. The highest BCUT2D eigenvalue weighted by Gasteiger charge is 2.22. The van der Waals surface area contributed by atoms with Gasteiger partial charge >= 0.3 is 0 Å². The Morgan fingerprint density at radius 1 is 0.947 bits per heavy atom. The molecule has 3 rings (SSSR count). The van der Waals surface area contributed by atoms with Gasteiger partial charge in [-0.15, -0.1) is 0 Å². The molecule has 0 aromatic heterocycles. The van der Waals surface area contributed by atoms with E-state index < -0.39 is 0 Å². The summed E-state index contributed by atoms with van der Waals surface area (Å²) in [6.07, 6.45) is 3.85. The average molecular weight is 270 g/mol. The molecular formula is C16H12ClNO. The Balaban J connectivity index is 2.29. The van der Waals surface area contributed by atoms with E-state index in [9.17, 15) is 5.21 Å². The van der Waals surface area contributed by atoms with Crippen LogP contribution in [0, 0.1) is 5.21 Å². The number of rotatable bonds is 1. The van der Waals surface area contributed by atoms with E-state index in [1.807, 2.05) is 54.6 Å². The molecule has 19 heavy (non-hydrogen) atoms. The standard InChI is InChI=1S/C16H12ClNO/c17-15-10-4-3-9-14(15)16-13-8-2-1-6-12(13)7-5-11-18(16)19/h1-10H,11H2. The van der Waals surface area contributed by atoms with E-state index in [2.05, 4.69) is 0 Å². The van der Waals surface area contributed by atoms with Crippen LogP contribution in [0.3, 0.4) is 0 Å². The second-order valence-electron chi connectivity index (χ2n) is 4.38. The Morgan fingerprint density at radius 3 is 2.42 bits per heavy atom. The SMILES string of the molecule is [O-][N+]1=C(c2ccccc2Cl)c2ccccc2C=CC1. The van der Waals surface area contributed by atoms with E-state index >= 15 is 0 Å². The third-order valence-electron chi connectivity index (χ3n) is 3.16. The van der Waals surface area contributed by atoms with E-state index in [1.54, 1.807) is 6.07 Å². The van der Waals surface area contributed by atoms with Crippen LogP contribution in [0.5, 0.6) is 0 Å². The van der Waals surface area contributed by atoms with Crippen molar-refractivity contribution in [3.63, 3.8) is 0 Å². The number of nitrogens with zero attached hydrogens (tertiary/aromatic N) is 1. The van der Waals surface area contributed by atoms with Crippen molar-refractivity contribution in [3.05, 3.63) is 81.5 Å². The van der Waals surface area contributed by atoms with E-state index in [4.69, 9.17) is 11.6 Å².